The zero-order chi connectivity index (χ0) is 18.4. The van der Waals surface area contributed by atoms with Gasteiger partial charge in [-0.05, 0) is 43.6 Å². The van der Waals surface area contributed by atoms with E-state index >= 15 is 0 Å². The van der Waals surface area contributed by atoms with Crippen molar-refractivity contribution in [2.45, 2.75) is 57.8 Å². The van der Waals surface area contributed by atoms with Gasteiger partial charge >= 0.3 is 6.09 Å². The van der Waals surface area contributed by atoms with Crippen molar-refractivity contribution in [3.8, 4) is 5.88 Å². The lowest BCUT2D eigenvalue weighted by molar-refractivity contribution is -0.0217. The average molecular weight is 432 g/mol. The summed E-state index contributed by atoms with van der Waals surface area (Å²) < 4.78 is 13.8. The first kappa shape index (κ1) is 18.3. The van der Waals surface area contributed by atoms with Gasteiger partial charge in [-0.1, -0.05) is 11.6 Å². The van der Waals surface area contributed by atoms with Crippen LogP contribution in [0, 0.1) is 0 Å². The van der Waals surface area contributed by atoms with Gasteiger partial charge in [-0.2, -0.15) is 10.1 Å². The molecule has 1 saturated carbocycles. The smallest absolute Gasteiger partial charge is 0.407 e. The predicted octanol–water partition coefficient (Wildman–Crippen LogP) is 3.97. The lowest BCUT2D eigenvalue weighted by Gasteiger charge is -2.44. The molecule has 1 N–H and O–H groups in total. The summed E-state index contributed by atoms with van der Waals surface area (Å²) in [6.07, 6.45) is 4.17. The van der Waals surface area contributed by atoms with Crippen LogP contribution in [0.2, 0.25) is 5.15 Å². The molecule has 2 heterocycles. The van der Waals surface area contributed by atoms with Crippen LogP contribution in [0.4, 0.5) is 4.79 Å². The van der Waals surface area contributed by atoms with E-state index in [2.05, 4.69) is 31.3 Å². The second kappa shape index (κ2) is 6.32. The Labute approximate surface area is 159 Å². The van der Waals surface area contributed by atoms with Gasteiger partial charge in [0.05, 0.1) is 16.9 Å². The van der Waals surface area contributed by atoms with Gasteiger partial charge in [0.25, 0.3) is 0 Å². The van der Waals surface area contributed by atoms with Crippen molar-refractivity contribution >= 4 is 39.1 Å². The molecule has 0 aliphatic heterocycles. The van der Waals surface area contributed by atoms with E-state index in [1.807, 2.05) is 27.7 Å². The van der Waals surface area contributed by atoms with E-state index in [-0.39, 0.29) is 6.04 Å². The molecule has 1 amide bonds. The maximum Gasteiger partial charge on any atom is 0.407 e. The molecule has 9 heteroatoms. The molecular weight excluding hydrogens is 412 g/mol. The molecule has 0 saturated heterocycles. The standard InChI is InChI=1S/C16H20BrClN4O3/c1-15(2,3)25-14(23)20-9-5-16(4,6-9)24-13-12-10(17)7-19-22(12)8-11(18)21-13/h7-9H,5-6H2,1-4H3,(H,20,23)/t9-,16+. The Balaban J connectivity index is 1.66. The van der Waals surface area contributed by atoms with E-state index in [1.165, 1.54) is 0 Å². The zero-order valence-corrected chi connectivity index (χ0v) is 16.8. The largest absolute Gasteiger partial charge is 0.470 e. The van der Waals surface area contributed by atoms with E-state index in [0.29, 0.717) is 29.4 Å². The number of ether oxygens (including phenoxy) is 2. The van der Waals surface area contributed by atoms with Crippen molar-refractivity contribution in [2.24, 2.45) is 0 Å². The van der Waals surface area contributed by atoms with E-state index in [0.717, 1.165) is 4.47 Å². The molecule has 2 aromatic heterocycles. The first-order valence-corrected chi connectivity index (χ1v) is 9.10. The van der Waals surface area contributed by atoms with Crippen LogP contribution in [-0.2, 0) is 4.74 Å². The van der Waals surface area contributed by atoms with Crippen LogP contribution in [-0.4, -0.2) is 37.9 Å². The molecule has 0 aromatic carbocycles. The summed E-state index contributed by atoms with van der Waals surface area (Å²) in [7, 11) is 0. The molecule has 136 valence electrons. The molecule has 1 aliphatic rings. The number of carbonyl (C=O) groups is 1. The van der Waals surface area contributed by atoms with Gasteiger partial charge in [-0.15, -0.1) is 0 Å². The van der Waals surface area contributed by atoms with Crippen LogP contribution in [0.25, 0.3) is 5.52 Å². The van der Waals surface area contributed by atoms with Crippen LogP contribution < -0.4 is 10.1 Å². The van der Waals surface area contributed by atoms with Crippen LogP contribution >= 0.6 is 27.5 Å². The fraction of sp³-hybridized carbons (Fsp3) is 0.562. The minimum Gasteiger partial charge on any atom is -0.470 e. The highest BCUT2D eigenvalue weighted by atomic mass is 79.9. The van der Waals surface area contributed by atoms with E-state index in [1.54, 1.807) is 16.9 Å². The third kappa shape index (κ3) is 4.17. The van der Waals surface area contributed by atoms with E-state index in [9.17, 15) is 4.79 Å². The second-order valence-electron chi connectivity index (χ2n) is 7.46. The number of alkyl carbamates (subject to hydrolysis) is 1. The molecule has 0 radical (unpaired) electrons. The van der Waals surface area contributed by atoms with Gasteiger partial charge < -0.3 is 14.8 Å². The molecule has 7 nitrogen and oxygen atoms in total. The van der Waals surface area contributed by atoms with E-state index < -0.39 is 17.3 Å². The summed E-state index contributed by atoms with van der Waals surface area (Å²) in [6.45, 7) is 7.48. The van der Waals surface area contributed by atoms with Crippen molar-refractivity contribution in [1.29, 1.82) is 0 Å². The fourth-order valence-electron chi connectivity index (χ4n) is 2.87. The van der Waals surface area contributed by atoms with Gasteiger partial charge in [0, 0.05) is 18.9 Å². The molecule has 2 aromatic rings. The highest BCUT2D eigenvalue weighted by molar-refractivity contribution is 9.10. The predicted molar refractivity (Wildman–Crippen MR) is 97.1 cm³/mol. The Hall–Kier alpha value is -1.54. The van der Waals surface area contributed by atoms with Gasteiger partial charge in [-0.3, -0.25) is 0 Å². The van der Waals surface area contributed by atoms with Gasteiger partial charge in [0.15, 0.2) is 5.15 Å². The number of carbonyl (C=O) groups excluding carboxylic acids is 1. The second-order valence-corrected chi connectivity index (χ2v) is 8.70. The van der Waals surface area contributed by atoms with Crippen LogP contribution in [0.15, 0.2) is 16.9 Å². The average Bonchev–Trinajstić information content (AvgIpc) is 2.76. The summed E-state index contributed by atoms with van der Waals surface area (Å²) in [4.78, 5) is 16.1. The topological polar surface area (TPSA) is 77.8 Å². The lowest BCUT2D eigenvalue weighted by atomic mass is 9.77. The number of nitrogens with zero attached hydrogens (tertiary/aromatic N) is 3. The van der Waals surface area contributed by atoms with Crippen molar-refractivity contribution in [2.75, 3.05) is 0 Å². The molecular formula is C16H20BrClN4O3. The maximum atomic E-state index is 11.8. The molecule has 25 heavy (non-hydrogen) atoms. The number of rotatable bonds is 3. The molecule has 0 unspecified atom stereocenters. The molecule has 1 aliphatic carbocycles. The number of hydrogen-bond donors (Lipinski definition) is 1. The number of amides is 1. The molecule has 0 bridgehead atoms. The molecule has 0 atom stereocenters. The van der Waals surface area contributed by atoms with Gasteiger partial charge in [-0.25, -0.2) is 9.31 Å². The van der Waals surface area contributed by atoms with E-state index in [4.69, 9.17) is 21.1 Å². The zero-order valence-electron chi connectivity index (χ0n) is 14.5. The SMILES string of the molecule is CC(C)(C)OC(=O)N[C@H]1C[C@@](C)(Oc2nc(Cl)cn3ncc(Br)c23)C1. The maximum absolute atomic E-state index is 11.8. The van der Waals surface area contributed by atoms with Crippen molar-refractivity contribution in [3.05, 3.63) is 22.0 Å². The first-order valence-electron chi connectivity index (χ1n) is 7.93. The number of halogens is 2. The Morgan fingerprint density at radius 1 is 1.48 bits per heavy atom. The summed E-state index contributed by atoms with van der Waals surface area (Å²) >= 11 is 9.48. The van der Waals surface area contributed by atoms with Crippen molar-refractivity contribution in [1.82, 2.24) is 19.9 Å². The first-order chi connectivity index (χ1) is 11.5. The monoisotopic (exact) mass is 430 g/mol. The van der Waals surface area contributed by atoms with Crippen LogP contribution in [0.3, 0.4) is 0 Å². The Kier molecular flexibility index (Phi) is 4.61. The minimum atomic E-state index is -0.516. The van der Waals surface area contributed by atoms with Crippen LogP contribution in [0.5, 0.6) is 5.88 Å². The van der Waals surface area contributed by atoms with Gasteiger partial charge in [0.1, 0.15) is 16.7 Å². The lowest BCUT2D eigenvalue weighted by Crippen LogP contribution is -2.57. The molecule has 0 spiro atoms. The van der Waals surface area contributed by atoms with Crippen molar-refractivity contribution < 1.29 is 14.3 Å². The minimum absolute atomic E-state index is 0.00315. The fourth-order valence-corrected chi connectivity index (χ4v) is 3.48. The third-order valence-electron chi connectivity index (χ3n) is 3.81. The van der Waals surface area contributed by atoms with Crippen LogP contribution in [0.1, 0.15) is 40.5 Å². The molecule has 3 rings (SSSR count). The normalized spacial score (nSPS) is 23.2. The number of aromatic nitrogens is 3. The third-order valence-corrected chi connectivity index (χ3v) is 4.57. The Morgan fingerprint density at radius 3 is 2.80 bits per heavy atom. The number of hydrogen-bond acceptors (Lipinski definition) is 5. The van der Waals surface area contributed by atoms with Gasteiger partial charge in [0.2, 0.25) is 5.88 Å². The summed E-state index contributed by atoms with van der Waals surface area (Å²) in [5.41, 5.74) is -0.242. The Bertz CT molecular complexity index is 812. The number of fused-ring (bicyclic) bond motifs is 1. The highest BCUT2D eigenvalue weighted by Crippen LogP contribution is 2.39. The highest BCUT2D eigenvalue weighted by Gasteiger charge is 2.44. The number of nitrogens with one attached hydrogen (secondary N) is 1. The summed E-state index contributed by atoms with van der Waals surface area (Å²) in [6, 6.07) is 0.00315. The summed E-state index contributed by atoms with van der Waals surface area (Å²) in [5, 5.41) is 7.34. The van der Waals surface area contributed by atoms with Crippen molar-refractivity contribution in [3.63, 3.8) is 0 Å². The summed E-state index contributed by atoms with van der Waals surface area (Å²) in [5.74, 6) is 0.412. The quantitative estimate of drug-likeness (QED) is 0.795. The Morgan fingerprint density at radius 2 is 2.16 bits per heavy atom. The molecule has 1 fully saturated rings.